The van der Waals surface area contributed by atoms with Crippen molar-refractivity contribution >= 4 is 9.73 Å². The van der Waals surface area contributed by atoms with Gasteiger partial charge in [-0.15, -0.1) is 0 Å². The van der Waals surface area contributed by atoms with Crippen LogP contribution in [-0.2, 0) is 9.73 Å². The van der Waals surface area contributed by atoms with Crippen molar-refractivity contribution < 1.29 is 8.95 Å². The van der Waals surface area contributed by atoms with Gasteiger partial charge in [-0.3, -0.25) is 0 Å². The molecule has 0 aromatic carbocycles. The first-order chi connectivity index (χ1) is 5.54. The van der Waals surface area contributed by atoms with Crippen LogP contribution in [0.4, 0.5) is 0 Å². The van der Waals surface area contributed by atoms with Gasteiger partial charge in [0.1, 0.15) is 10.8 Å². The summed E-state index contributed by atoms with van der Waals surface area (Å²) in [7, 11) is -1.17. The van der Waals surface area contributed by atoms with Crippen LogP contribution in [0.2, 0.25) is 0 Å². The molecule has 1 aromatic rings. The third-order valence-electron chi connectivity index (χ3n) is 1.34. The Bertz CT molecular complexity index is 355. The first kappa shape index (κ1) is 8.99. The van der Waals surface area contributed by atoms with Crippen molar-refractivity contribution in [3.63, 3.8) is 0 Å². The molecular weight excluding hydrogens is 176 g/mol. The molecule has 1 unspecified atom stereocenters. The standard InChI is InChI=1S/C7H10N2O2S/c1-11-6-3-4-7(9-5-6)12(2,8)10/h3-5,8H,1-2H3. The van der Waals surface area contributed by atoms with Crippen LogP contribution in [0, 0.1) is 4.78 Å². The smallest absolute Gasteiger partial charge is 0.137 e. The quantitative estimate of drug-likeness (QED) is 0.753. The highest BCUT2D eigenvalue weighted by molar-refractivity contribution is 7.91. The molecule has 0 spiro atoms. The fourth-order valence-electron chi connectivity index (χ4n) is 0.718. The highest BCUT2D eigenvalue weighted by Crippen LogP contribution is 2.11. The Hall–Kier alpha value is -1.10. The minimum absolute atomic E-state index is 0.281. The molecular formula is C7H10N2O2S. The molecule has 0 saturated heterocycles. The Labute approximate surface area is 71.6 Å². The molecule has 0 amide bonds. The third kappa shape index (κ3) is 1.94. The summed E-state index contributed by atoms with van der Waals surface area (Å²) in [5, 5.41) is 0.281. The lowest BCUT2D eigenvalue weighted by molar-refractivity contribution is 0.412. The van der Waals surface area contributed by atoms with Crippen molar-refractivity contribution in [2.24, 2.45) is 0 Å². The molecule has 1 aromatic heterocycles. The summed E-state index contributed by atoms with van der Waals surface area (Å²) in [5.41, 5.74) is 0. The van der Waals surface area contributed by atoms with Crippen molar-refractivity contribution in [2.75, 3.05) is 13.4 Å². The fourth-order valence-corrected chi connectivity index (χ4v) is 1.30. The van der Waals surface area contributed by atoms with E-state index in [2.05, 4.69) is 4.98 Å². The summed E-state index contributed by atoms with van der Waals surface area (Å²) in [6, 6.07) is 3.17. The number of aromatic nitrogens is 1. The molecule has 0 aliphatic rings. The van der Waals surface area contributed by atoms with E-state index in [1.165, 1.54) is 25.6 Å². The number of pyridine rings is 1. The van der Waals surface area contributed by atoms with Gasteiger partial charge in [0, 0.05) is 6.26 Å². The monoisotopic (exact) mass is 186 g/mol. The molecule has 4 nitrogen and oxygen atoms in total. The van der Waals surface area contributed by atoms with E-state index in [0.717, 1.165) is 0 Å². The SMILES string of the molecule is COc1ccc(S(C)(=N)=O)nc1. The Morgan fingerprint density at radius 1 is 1.58 bits per heavy atom. The van der Waals surface area contributed by atoms with E-state index in [9.17, 15) is 4.21 Å². The summed E-state index contributed by atoms with van der Waals surface area (Å²) >= 11 is 0. The maximum atomic E-state index is 11.2. The molecule has 66 valence electrons. The minimum atomic E-state index is -2.69. The van der Waals surface area contributed by atoms with E-state index in [1.807, 2.05) is 0 Å². The van der Waals surface area contributed by atoms with Gasteiger partial charge in [0.05, 0.1) is 23.0 Å². The summed E-state index contributed by atoms with van der Waals surface area (Å²) in [5.74, 6) is 0.599. The van der Waals surface area contributed by atoms with Crippen LogP contribution in [0.1, 0.15) is 0 Å². The number of nitrogens with one attached hydrogen (secondary N) is 1. The highest BCUT2D eigenvalue weighted by Gasteiger charge is 2.03. The lowest BCUT2D eigenvalue weighted by Crippen LogP contribution is -1.97. The molecule has 0 aliphatic heterocycles. The van der Waals surface area contributed by atoms with Gasteiger partial charge in [-0.1, -0.05) is 0 Å². The topological polar surface area (TPSA) is 63.0 Å². The molecule has 12 heavy (non-hydrogen) atoms. The van der Waals surface area contributed by atoms with Crippen LogP contribution >= 0.6 is 0 Å². The zero-order valence-electron chi connectivity index (χ0n) is 6.90. The first-order valence-corrected chi connectivity index (χ1v) is 5.24. The number of hydrogen-bond donors (Lipinski definition) is 1. The predicted molar refractivity (Wildman–Crippen MR) is 45.8 cm³/mol. The molecule has 0 aliphatic carbocycles. The minimum Gasteiger partial charge on any atom is -0.495 e. The zero-order valence-corrected chi connectivity index (χ0v) is 7.72. The maximum Gasteiger partial charge on any atom is 0.137 e. The van der Waals surface area contributed by atoms with Gasteiger partial charge in [-0.2, -0.15) is 0 Å². The maximum absolute atomic E-state index is 11.2. The third-order valence-corrected chi connectivity index (χ3v) is 2.38. The molecule has 0 saturated carbocycles. The normalized spacial score (nSPS) is 15.2. The Morgan fingerprint density at radius 2 is 2.25 bits per heavy atom. The van der Waals surface area contributed by atoms with Gasteiger partial charge in [-0.05, 0) is 12.1 Å². The van der Waals surface area contributed by atoms with Crippen LogP contribution < -0.4 is 4.74 Å². The zero-order chi connectivity index (χ0) is 9.19. The summed E-state index contributed by atoms with van der Waals surface area (Å²) in [4.78, 5) is 3.83. The van der Waals surface area contributed by atoms with Crippen molar-refractivity contribution in [2.45, 2.75) is 5.03 Å². The predicted octanol–water partition coefficient (Wildman–Crippen LogP) is 1.13. The Morgan fingerprint density at radius 3 is 2.58 bits per heavy atom. The largest absolute Gasteiger partial charge is 0.495 e. The van der Waals surface area contributed by atoms with Crippen LogP contribution in [0.25, 0.3) is 0 Å². The van der Waals surface area contributed by atoms with Crippen LogP contribution in [0.5, 0.6) is 5.75 Å². The van der Waals surface area contributed by atoms with Gasteiger partial charge < -0.3 is 4.74 Å². The van der Waals surface area contributed by atoms with E-state index < -0.39 is 9.73 Å². The summed E-state index contributed by atoms with van der Waals surface area (Å²) in [6.45, 7) is 0. The molecule has 1 atom stereocenters. The van der Waals surface area contributed by atoms with Gasteiger partial charge in [0.25, 0.3) is 0 Å². The van der Waals surface area contributed by atoms with Gasteiger partial charge >= 0.3 is 0 Å². The van der Waals surface area contributed by atoms with Crippen molar-refractivity contribution in [1.29, 1.82) is 4.78 Å². The van der Waals surface area contributed by atoms with E-state index in [4.69, 9.17) is 9.52 Å². The lowest BCUT2D eigenvalue weighted by Gasteiger charge is -2.01. The Balaban J connectivity index is 3.09. The number of nitrogens with zero attached hydrogens (tertiary/aromatic N) is 1. The summed E-state index contributed by atoms with van der Waals surface area (Å²) < 4.78 is 23.2. The number of methoxy groups -OCH3 is 1. The van der Waals surface area contributed by atoms with Crippen molar-refractivity contribution in [3.8, 4) is 5.75 Å². The molecule has 1 rings (SSSR count). The Kier molecular flexibility index (Phi) is 2.32. The molecule has 1 heterocycles. The van der Waals surface area contributed by atoms with E-state index in [1.54, 1.807) is 6.07 Å². The molecule has 0 bridgehead atoms. The number of hydrogen-bond acceptors (Lipinski definition) is 4. The van der Waals surface area contributed by atoms with Crippen LogP contribution in [-0.4, -0.2) is 22.6 Å². The second-order valence-electron chi connectivity index (χ2n) is 2.38. The molecule has 5 heteroatoms. The molecule has 0 radical (unpaired) electrons. The van der Waals surface area contributed by atoms with Gasteiger partial charge in [-0.25, -0.2) is 14.0 Å². The van der Waals surface area contributed by atoms with Crippen molar-refractivity contribution in [1.82, 2.24) is 4.98 Å². The lowest BCUT2D eigenvalue weighted by atomic mass is 10.5. The van der Waals surface area contributed by atoms with E-state index in [-0.39, 0.29) is 5.03 Å². The highest BCUT2D eigenvalue weighted by atomic mass is 32.2. The second kappa shape index (κ2) is 3.10. The molecule has 1 N–H and O–H groups in total. The van der Waals surface area contributed by atoms with Crippen molar-refractivity contribution in [3.05, 3.63) is 18.3 Å². The number of ether oxygens (including phenoxy) is 1. The van der Waals surface area contributed by atoms with Crippen LogP contribution in [0.3, 0.4) is 0 Å². The molecule has 0 fully saturated rings. The summed E-state index contributed by atoms with van der Waals surface area (Å²) in [6.07, 6.45) is 2.79. The second-order valence-corrected chi connectivity index (χ2v) is 4.49. The average molecular weight is 186 g/mol. The van der Waals surface area contributed by atoms with Gasteiger partial charge in [0.2, 0.25) is 0 Å². The van der Waals surface area contributed by atoms with Crippen LogP contribution in [0.15, 0.2) is 23.4 Å². The number of rotatable bonds is 2. The van der Waals surface area contributed by atoms with Gasteiger partial charge in [0.15, 0.2) is 0 Å². The van der Waals surface area contributed by atoms with E-state index in [0.29, 0.717) is 5.75 Å². The van der Waals surface area contributed by atoms with E-state index >= 15 is 0 Å². The fraction of sp³-hybridized carbons (Fsp3) is 0.286. The average Bonchev–Trinajstić information content (AvgIpc) is 2.03. The first-order valence-electron chi connectivity index (χ1n) is 3.28.